The van der Waals surface area contributed by atoms with Crippen LogP contribution in [0.15, 0.2) is 36.4 Å². The van der Waals surface area contributed by atoms with Gasteiger partial charge in [0.15, 0.2) is 0 Å². The van der Waals surface area contributed by atoms with Crippen LogP contribution < -0.4 is 4.74 Å². The second-order valence-corrected chi connectivity index (χ2v) is 3.27. The van der Waals surface area contributed by atoms with E-state index in [1.165, 1.54) is 0 Å². The maximum Gasteiger partial charge on any atom is 0.515 e. The van der Waals surface area contributed by atoms with Gasteiger partial charge in [-0.3, -0.25) is 5.10 Å². The number of hydrogen-bond donors (Lipinski definition) is 1. The number of hydrogen-bond acceptors (Lipinski definition) is 4. The molecule has 0 bridgehead atoms. The van der Waals surface area contributed by atoms with E-state index in [0.717, 1.165) is 11.3 Å². The van der Waals surface area contributed by atoms with Crippen LogP contribution in [0.5, 0.6) is 5.88 Å². The molecule has 0 fully saturated rings. The first-order chi connectivity index (χ1) is 8.29. The predicted octanol–water partition coefficient (Wildman–Crippen LogP) is 2.61. The van der Waals surface area contributed by atoms with Gasteiger partial charge in [0.1, 0.15) is 0 Å². The Kier molecular flexibility index (Phi) is 3.40. The molecule has 0 aliphatic rings. The Morgan fingerprint density at radius 3 is 2.82 bits per heavy atom. The van der Waals surface area contributed by atoms with Crippen LogP contribution in [0.1, 0.15) is 6.92 Å². The van der Waals surface area contributed by atoms with Crippen molar-refractivity contribution < 1.29 is 14.3 Å². The molecule has 0 atom stereocenters. The van der Waals surface area contributed by atoms with Gasteiger partial charge in [-0.15, -0.1) is 5.10 Å². The number of ether oxygens (including phenoxy) is 2. The van der Waals surface area contributed by atoms with E-state index in [1.54, 1.807) is 13.0 Å². The Morgan fingerprint density at radius 2 is 2.12 bits per heavy atom. The van der Waals surface area contributed by atoms with E-state index < -0.39 is 6.16 Å². The van der Waals surface area contributed by atoms with Crippen LogP contribution in [-0.2, 0) is 4.74 Å². The topological polar surface area (TPSA) is 64.2 Å². The molecule has 0 aliphatic carbocycles. The second kappa shape index (κ2) is 5.16. The van der Waals surface area contributed by atoms with Crippen molar-refractivity contribution in [2.75, 3.05) is 6.61 Å². The predicted molar refractivity (Wildman–Crippen MR) is 61.7 cm³/mol. The van der Waals surface area contributed by atoms with Gasteiger partial charge >= 0.3 is 6.16 Å². The largest absolute Gasteiger partial charge is 0.515 e. The highest BCUT2D eigenvalue weighted by Crippen LogP contribution is 2.20. The van der Waals surface area contributed by atoms with Gasteiger partial charge in [-0.2, -0.15) is 0 Å². The average molecular weight is 232 g/mol. The molecule has 5 nitrogen and oxygen atoms in total. The van der Waals surface area contributed by atoms with Crippen LogP contribution in [0.3, 0.4) is 0 Å². The zero-order valence-electron chi connectivity index (χ0n) is 9.34. The molecule has 0 amide bonds. The Bertz CT molecular complexity index is 493. The van der Waals surface area contributed by atoms with E-state index in [0.29, 0.717) is 0 Å². The summed E-state index contributed by atoms with van der Waals surface area (Å²) in [5.41, 5.74) is 1.75. The molecular formula is C12H12N2O3. The fourth-order valence-corrected chi connectivity index (χ4v) is 1.35. The lowest BCUT2D eigenvalue weighted by Crippen LogP contribution is -2.10. The lowest BCUT2D eigenvalue weighted by atomic mass is 10.2. The third-order valence-electron chi connectivity index (χ3n) is 2.09. The molecule has 2 rings (SSSR count). The Balaban J connectivity index is 2.09. The van der Waals surface area contributed by atoms with Gasteiger partial charge in [-0.05, 0) is 12.5 Å². The minimum absolute atomic E-state index is 0.197. The van der Waals surface area contributed by atoms with Crippen molar-refractivity contribution >= 4 is 6.16 Å². The highest BCUT2D eigenvalue weighted by molar-refractivity contribution is 5.65. The number of H-pyrrole nitrogens is 1. The van der Waals surface area contributed by atoms with Crippen LogP contribution in [0.4, 0.5) is 4.79 Å². The van der Waals surface area contributed by atoms with Gasteiger partial charge in [0.25, 0.3) is 0 Å². The molecule has 1 N–H and O–H groups in total. The van der Waals surface area contributed by atoms with Crippen LogP contribution >= 0.6 is 0 Å². The van der Waals surface area contributed by atoms with Crippen molar-refractivity contribution in [2.45, 2.75) is 6.92 Å². The summed E-state index contributed by atoms with van der Waals surface area (Å²) in [6.07, 6.45) is -0.751. The fraction of sp³-hybridized carbons (Fsp3) is 0.167. The highest BCUT2D eigenvalue weighted by Gasteiger charge is 2.09. The summed E-state index contributed by atoms with van der Waals surface area (Å²) in [5.74, 6) is 0.197. The first-order valence-electron chi connectivity index (χ1n) is 5.25. The number of nitrogens with one attached hydrogen (secondary N) is 1. The van der Waals surface area contributed by atoms with Crippen molar-refractivity contribution in [1.82, 2.24) is 10.2 Å². The number of rotatable bonds is 3. The average Bonchev–Trinajstić information content (AvgIpc) is 2.79. The smallest absolute Gasteiger partial charge is 0.434 e. The van der Waals surface area contributed by atoms with Gasteiger partial charge in [0.2, 0.25) is 5.88 Å². The van der Waals surface area contributed by atoms with E-state index in [2.05, 4.69) is 14.9 Å². The third kappa shape index (κ3) is 2.84. The summed E-state index contributed by atoms with van der Waals surface area (Å²) in [6.45, 7) is 1.98. The van der Waals surface area contributed by atoms with Crippen LogP contribution in [0, 0.1) is 0 Å². The van der Waals surface area contributed by atoms with E-state index in [9.17, 15) is 4.79 Å². The first kappa shape index (κ1) is 11.2. The molecule has 17 heavy (non-hydrogen) atoms. The van der Waals surface area contributed by atoms with Crippen molar-refractivity contribution in [2.24, 2.45) is 0 Å². The molecule has 1 aromatic heterocycles. The molecular weight excluding hydrogens is 220 g/mol. The molecule has 2 aromatic rings. The van der Waals surface area contributed by atoms with Crippen LogP contribution in [0.25, 0.3) is 11.3 Å². The fourth-order valence-electron chi connectivity index (χ4n) is 1.35. The van der Waals surface area contributed by atoms with Gasteiger partial charge in [0, 0.05) is 6.07 Å². The molecule has 88 valence electrons. The van der Waals surface area contributed by atoms with Crippen molar-refractivity contribution in [3.8, 4) is 17.1 Å². The van der Waals surface area contributed by atoms with E-state index in [-0.39, 0.29) is 12.5 Å². The lowest BCUT2D eigenvalue weighted by molar-refractivity contribution is 0.102. The molecule has 0 saturated carbocycles. The van der Waals surface area contributed by atoms with Crippen molar-refractivity contribution in [3.05, 3.63) is 36.4 Å². The number of aromatic nitrogens is 2. The maximum absolute atomic E-state index is 11.1. The summed E-state index contributed by atoms with van der Waals surface area (Å²) >= 11 is 0. The molecule has 0 aliphatic heterocycles. The summed E-state index contributed by atoms with van der Waals surface area (Å²) < 4.78 is 9.50. The summed E-state index contributed by atoms with van der Waals surface area (Å²) in [4.78, 5) is 11.1. The highest BCUT2D eigenvalue weighted by atomic mass is 16.7. The number of carbonyl (C=O) groups excluding carboxylic acids is 1. The first-order valence-corrected chi connectivity index (χ1v) is 5.25. The summed E-state index contributed by atoms with van der Waals surface area (Å²) in [7, 11) is 0. The number of aromatic amines is 1. The molecule has 0 saturated heterocycles. The Hall–Kier alpha value is -2.30. The van der Waals surface area contributed by atoms with Gasteiger partial charge in [-0.1, -0.05) is 30.3 Å². The maximum atomic E-state index is 11.1. The summed E-state index contributed by atoms with van der Waals surface area (Å²) in [5, 5.41) is 6.65. The second-order valence-electron chi connectivity index (χ2n) is 3.27. The quantitative estimate of drug-likeness (QED) is 0.826. The molecule has 1 aromatic carbocycles. The van der Waals surface area contributed by atoms with E-state index in [1.807, 2.05) is 30.3 Å². The molecule has 0 radical (unpaired) electrons. The number of benzene rings is 1. The van der Waals surface area contributed by atoms with Crippen molar-refractivity contribution in [3.63, 3.8) is 0 Å². The summed E-state index contributed by atoms with van der Waals surface area (Å²) in [6, 6.07) is 11.3. The standard InChI is InChI=1S/C12H12N2O3/c1-2-16-12(15)17-11-8-10(13-14-11)9-6-4-3-5-7-9/h3-8H,2H2,1H3,(H,13,14). The van der Waals surface area contributed by atoms with E-state index in [4.69, 9.17) is 4.74 Å². The SMILES string of the molecule is CCOC(=O)Oc1cc(-c2ccccc2)[nH]n1. The normalized spacial score (nSPS) is 9.94. The number of carbonyl (C=O) groups is 1. The van der Waals surface area contributed by atoms with E-state index >= 15 is 0 Å². The van der Waals surface area contributed by atoms with Gasteiger partial charge in [-0.25, -0.2) is 4.79 Å². The van der Waals surface area contributed by atoms with Crippen LogP contribution in [0.2, 0.25) is 0 Å². The molecule has 0 unspecified atom stereocenters. The van der Waals surface area contributed by atoms with Gasteiger partial charge < -0.3 is 9.47 Å². The van der Waals surface area contributed by atoms with Crippen LogP contribution in [-0.4, -0.2) is 23.0 Å². The van der Waals surface area contributed by atoms with Crippen molar-refractivity contribution in [1.29, 1.82) is 0 Å². The zero-order chi connectivity index (χ0) is 12.1. The monoisotopic (exact) mass is 232 g/mol. The Labute approximate surface area is 98.4 Å². The minimum atomic E-state index is -0.751. The molecule has 5 heteroatoms. The minimum Gasteiger partial charge on any atom is -0.434 e. The Morgan fingerprint density at radius 1 is 1.35 bits per heavy atom. The number of nitrogens with zero attached hydrogens (tertiary/aromatic N) is 1. The zero-order valence-corrected chi connectivity index (χ0v) is 9.34. The molecule has 0 spiro atoms. The van der Waals surface area contributed by atoms with Gasteiger partial charge in [0.05, 0.1) is 12.3 Å². The lowest BCUT2D eigenvalue weighted by Gasteiger charge is -1.98. The molecule has 1 heterocycles. The third-order valence-corrected chi connectivity index (χ3v) is 2.09.